The van der Waals surface area contributed by atoms with Crippen molar-refractivity contribution in [2.24, 2.45) is 0 Å². The van der Waals surface area contributed by atoms with Crippen LogP contribution in [0, 0.1) is 0 Å². The van der Waals surface area contributed by atoms with Crippen molar-refractivity contribution in [2.75, 3.05) is 6.54 Å². The van der Waals surface area contributed by atoms with E-state index in [0.29, 0.717) is 18.1 Å². The van der Waals surface area contributed by atoms with Crippen molar-refractivity contribution >= 4 is 18.7 Å². The Bertz CT molecular complexity index is 983. The Kier molecular flexibility index (Phi) is 5.19. The summed E-state index contributed by atoms with van der Waals surface area (Å²) in [5.74, 6) is 1.76. The highest BCUT2D eigenvalue weighted by atomic mass is 16.7. The third-order valence-corrected chi connectivity index (χ3v) is 5.48. The maximum Gasteiger partial charge on any atom is 0.563 e. The number of carbonyl (C=O) groups excluding carboxylic acids is 1. The lowest BCUT2D eigenvalue weighted by Crippen LogP contribution is -2.34. The number of rotatable bonds is 4. The van der Waals surface area contributed by atoms with Crippen molar-refractivity contribution in [3.05, 3.63) is 61.0 Å². The molecule has 0 unspecified atom stereocenters. The molecule has 1 N–H and O–H groups in total. The van der Waals surface area contributed by atoms with Crippen molar-refractivity contribution in [2.45, 2.75) is 45.3 Å². The summed E-state index contributed by atoms with van der Waals surface area (Å²) in [7, 11) is -0.453. The van der Waals surface area contributed by atoms with Crippen LogP contribution in [0.1, 0.15) is 45.5 Å². The van der Waals surface area contributed by atoms with Crippen LogP contribution < -0.4 is 5.46 Å². The van der Waals surface area contributed by atoms with Gasteiger partial charge in [0, 0.05) is 6.54 Å². The first-order valence-corrected chi connectivity index (χ1v) is 10.1. The molecule has 0 spiro atoms. The van der Waals surface area contributed by atoms with Crippen molar-refractivity contribution < 1.29 is 18.8 Å². The molecule has 1 amide bonds. The second-order valence-corrected chi connectivity index (χ2v) is 8.23. The number of likely N-dealkylation sites (tertiary alicyclic amines) is 1. The molecule has 2 saturated heterocycles. The average molecular weight is 407 g/mol. The maximum absolute atomic E-state index is 12.3. The molecular weight excluding hydrogens is 381 g/mol. The zero-order valence-corrected chi connectivity index (χ0v) is 17.6. The van der Waals surface area contributed by atoms with Gasteiger partial charge in [-0.15, -0.1) is 0 Å². The molecule has 2 aromatic rings. The number of hydrogen-bond acceptors (Lipinski definition) is 5. The molecule has 0 bridgehead atoms. The Morgan fingerprint density at radius 1 is 1.37 bits per heavy atom. The number of aromatic amines is 1. The summed E-state index contributed by atoms with van der Waals surface area (Å²) in [6.07, 6.45) is 3.16. The van der Waals surface area contributed by atoms with Crippen LogP contribution in [0.15, 0.2) is 55.1 Å². The number of allylic oxidation sites excluding steroid dienone is 1. The van der Waals surface area contributed by atoms with Crippen LogP contribution in [0.25, 0.3) is 11.3 Å². The topological polar surface area (TPSA) is 76.7 Å². The number of ether oxygens (including phenoxy) is 1. The molecule has 0 saturated carbocycles. The van der Waals surface area contributed by atoms with Crippen LogP contribution in [0.5, 0.6) is 0 Å². The summed E-state index contributed by atoms with van der Waals surface area (Å²) in [5.41, 5.74) is 2.30. The van der Waals surface area contributed by atoms with Gasteiger partial charge in [0.05, 0.1) is 29.5 Å². The van der Waals surface area contributed by atoms with E-state index in [0.717, 1.165) is 35.4 Å². The first kappa shape index (κ1) is 20.3. The number of H-pyrrole nitrogens is 1. The van der Waals surface area contributed by atoms with E-state index in [-0.39, 0.29) is 12.1 Å². The molecule has 30 heavy (non-hydrogen) atoms. The summed E-state index contributed by atoms with van der Waals surface area (Å²) in [6, 6.07) is 7.81. The third kappa shape index (κ3) is 3.87. The Hall–Kier alpha value is -3.00. The van der Waals surface area contributed by atoms with E-state index < -0.39 is 12.7 Å². The van der Waals surface area contributed by atoms with E-state index in [1.54, 1.807) is 18.0 Å². The van der Waals surface area contributed by atoms with Gasteiger partial charge in [-0.1, -0.05) is 37.4 Å². The lowest BCUT2D eigenvalue weighted by molar-refractivity contribution is 0.123. The predicted molar refractivity (Wildman–Crippen MR) is 115 cm³/mol. The van der Waals surface area contributed by atoms with Crippen LogP contribution >= 0.6 is 0 Å². The molecular formula is C22H26BN3O4. The van der Waals surface area contributed by atoms with Crippen molar-refractivity contribution in [1.82, 2.24) is 14.9 Å². The molecule has 1 atom stereocenters. The van der Waals surface area contributed by atoms with E-state index in [2.05, 4.69) is 23.1 Å². The quantitative estimate of drug-likeness (QED) is 0.614. The molecule has 1 aromatic carbocycles. The van der Waals surface area contributed by atoms with E-state index >= 15 is 0 Å². The Labute approximate surface area is 176 Å². The minimum atomic E-state index is -0.500. The predicted octanol–water partition coefficient (Wildman–Crippen LogP) is 3.92. The minimum absolute atomic E-state index is 0.126. The van der Waals surface area contributed by atoms with Crippen molar-refractivity contribution in [3.63, 3.8) is 0 Å². The smallest absolute Gasteiger partial charge is 0.534 e. The monoisotopic (exact) mass is 407 g/mol. The minimum Gasteiger partial charge on any atom is -0.534 e. The normalized spacial score (nSPS) is 20.4. The third-order valence-electron chi connectivity index (χ3n) is 5.48. The van der Waals surface area contributed by atoms with E-state index in [9.17, 15) is 4.79 Å². The zero-order valence-electron chi connectivity index (χ0n) is 17.6. The van der Waals surface area contributed by atoms with Crippen molar-refractivity contribution in [1.29, 1.82) is 0 Å². The van der Waals surface area contributed by atoms with Gasteiger partial charge in [0.25, 0.3) is 0 Å². The van der Waals surface area contributed by atoms with Gasteiger partial charge in [0.1, 0.15) is 11.4 Å². The van der Waals surface area contributed by atoms with Crippen LogP contribution in [0.4, 0.5) is 4.79 Å². The lowest BCUT2D eigenvalue weighted by Gasteiger charge is -2.22. The second kappa shape index (κ2) is 7.68. The summed E-state index contributed by atoms with van der Waals surface area (Å²) < 4.78 is 16.9. The van der Waals surface area contributed by atoms with Gasteiger partial charge in [-0.2, -0.15) is 0 Å². The first-order valence-electron chi connectivity index (χ1n) is 10.1. The number of nitrogens with one attached hydrogen (secondary N) is 1. The molecule has 2 fully saturated rings. The molecule has 2 aliphatic heterocycles. The fourth-order valence-corrected chi connectivity index (χ4v) is 3.71. The fourth-order valence-electron chi connectivity index (χ4n) is 3.71. The summed E-state index contributed by atoms with van der Waals surface area (Å²) in [6.45, 7) is 13.7. The lowest BCUT2D eigenvalue weighted by atomic mass is 9.79. The average Bonchev–Trinajstić information content (AvgIpc) is 3.40. The molecule has 1 aromatic heterocycles. The number of hydrogen-bond donors (Lipinski definition) is 1. The number of amides is 1. The molecule has 7 nitrogen and oxygen atoms in total. The maximum atomic E-state index is 12.3. The van der Waals surface area contributed by atoms with E-state index in [1.807, 2.05) is 38.1 Å². The molecule has 156 valence electrons. The fraction of sp³-hybridized carbons (Fsp3) is 0.364. The largest absolute Gasteiger partial charge is 0.563 e. The van der Waals surface area contributed by atoms with E-state index in [4.69, 9.17) is 14.0 Å². The van der Waals surface area contributed by atoms with Crippen LogP contribution in [0.3, 0.4) is 0 Å². The SMILES string of the molecule is C=C(C)OC(=O)N1CCC[C@H]1c1ncc(-c2ccc(B3OC(=C)C(C)(C)O3)cc2)[nH]1. The molecule has 2 aliphatic rings. The molecule has 8 heteroatoms. The van der Waals surface area contributed by atoms with Crippen LogP contribution in [-0.4, -0.2) is 40.2 Å². The Balaban J connectivity index is 1.48. The molecule has 4 rings (SSSR count). The molecule has 0 aliphatic carbocycles. The zero-order chi connectivity index (χ0) is 21.5. The number of carbonyl (C=O) groups is 1. The second-order valence-electron chi connectivity index (χ2n) is 8.23. The number of imidazole rings is 1. The first-order chi connectivity index (χ1) is 14.2. The standard InChI is InChI=1S/C22H26BN3O4/c1-14(2)28-21(27)26-12-6-7-19(26)20-24-13-18(25-20)16-8-10-17(11-9-16)23-29-15(3)22(4,5)30-23/h8-11,13,19H,1,3,6-7,12H2,2,4-5H3,(H,24,25)/t19-/m0/s1. The van der Waals surface area contributed by atoms with Gasteiger partial charge in [-0.05, 0) is 44.6 Å². The molecule has 0 radical (unpaired) electrons. The highest BCUT2D eigenvalue weighted by molar-refractivity contribution is 6.62. The highest BCUT2D eigenvalue weighted by Gasteiger charge is 2.42. The highest BCUT2D eigenvalue weighted by Crippen LogP contribution is 2.32. The van der Waals surface area contributed by atoms with Crippen molar-refractivity contribution in [3.8, 4) is 11.3 Å². The van der Waals surface area contributed by atoms with Gasteiger partial charge in [0.15, 0.2) is 0 Å². The summed E-state index contributed by atoms with van der Waals surface area (Å²) in [4.78, 5) is 21.9. The van der Waals surface area contributed by atoms with E-state index in [1.165, 1.54) is 0 Å². The van der Waals surface area contributed by atoms with Gasteiger partial charge in [0.2, 0.25) is 0 Å². The van der Waals surface area contributed by atoms with Gasteiger partial charge >= 0.3 is 13.2 Å². The van der Waals surface area contributed by atoms with Crippen LogP contribution in [-0.2, 0) is 14.0 Å². The van der Waals surface area contributed by atoms with Gasteiger partial charge in [-0.25, -0.2) is 9.78 Å². The Morgan fingerprint density at radius 3 is 2.73 bits per heavy atom. The van der Waals surface area contributed by atoms with Crippen LogP contribution in [0.2, 0.25) is 0 Å². The van der Waals surface area contributed by atoms with Gasteiger partial charge in [-0.3, -0.25) is 4.90 Å². The number of aromatic nitrogens is 2. The molecule has 3 heterocycles. The van der Waals surface area contributed by atoms with Gasteiger partial charge < -0.3 is 19.0 Å². The number of nitrogens with zero attached hydrogens (tertiary/aromatic N) is 2. The summed E-state index contributed by atoms with van der Waals surface area (Å²) >= 11 is 0. The summed E-state index contributed by atoms with van der Waals surface area (Å²) in [5, 5.41) is 0. The Morgan fingerprint density at radius 2 is 2.10 bits per heavy atom. The number of benzene rings is 1.